The van der Waals surface area contributed by atoms with Gasteiger partial charge in [-0.1, -0.05) is 12.1 Å². The van der Waals surface area contributed by atoms with Gasteiger partial charge in [-0.2, -0.15) is 0 Å². The minimum atomic E-state index is 0.153. The summed E-state index contributed by atoms with van der Waals surface area (Å²) >= 11 is 1.65. The Balaban J connectivity index is 1.44. The summed E-state index contributed by atoms with van der Waals surface area (Å²) in [6.07, 6.45) is 1.82. The fourth-order valence-corrected chi connectivity index (χ4v) is 3.85. The van der Waals surface area contributed by atoms with Crippen LogP contribution in [0.25, 0.3) is 11.0 Å². The lowest BCUT2D eigenvalue weighted by molar-refractivity contribution is -0.132. The van der Waals surface area contributed by atoms with E-state index in [4.69, 9.17) is 0 Å². The van der Waals surface area contributed by atoms with Crippen LogP contribution >= 0.6 is 11.3 Å². The average molecular weight is 341 g/mol. The molecule has 6 nitrogen and oxygen atoms in total. The largest absolute Gasteiger partial charge is 0.345 e. The number of carbonyl (C=O) groups excluding carboxylic acids is 1. The maximum atomic E-state index is 12.7. The highest BCUT2D eigenvalue weighted by Gasteiger charge is 2.23. The number of carbonyl (C=O) groups is 1. The number of aryl methyl sites for hydroxylation is 1. The second-order valence-corrected chi connectivity index (χ2v) is 6.79. The van der Waals surface area contributed by atoms with Crippen LogP contribution in [0.5, 0.6) is 0 Å². The van der Waals surface area contributed by atoms with Crippen LogP contribution in [0.2, 0.25) is 0 Å². The lowest BCUT2D eigenvalue weighted by atomic mass is 10.3. The molecule has 0 spiro atoms. The fourth-order valence-electron chi connectivity index (χ4n) is 3.15. The highest BCUT2D eigenvalue weighted by molar-refractivity contribution is 7.13. The third kappa shape index (κ3) is 2.75. The topological polar surface area (TPSA) is 54.3 Å². The Bertz CT molecular complexity index is 849. The van der Waals surface area contributed by atoms with E-state index in [1.54, 1.807) is 11.3 Å². The van der Waals surface area contributed by atoms with Crippen LogP contribution in [0.3, 0.4) is 0 Å². The summed E-state index contributed by atoms with van der Waals surface area (Å²) in [5.41, 5.74) is 1.96. The molecule has 1 aliphatic heterocycles. The van der Waals surface area contributed by atoms with Crippen molar-refractivity contribution in [3.63, 3.8) is 0 Å². The second kappa shape index (κ2) is 6.24. The van der Waals surface area contributed by atoms with E-state index in [9.17, 15) is 4.79 Å². The van der Waals surface area contributed by atoms with E-state index in [1.807, 2.05) is 52.2 Å². The molecule has 1 amide bonds. The summed E-state index contributed by atoms with van der Waals surface area (Å²) in [6, 6.07) is 7.95. The van der Waals surface area contributed by atoms with Gasteiger partial charge in [-0.25, -0.2) is 9.97 Å². The first-order chi connectivity index (χ1) is 11.7. The van der Waals surface area contributed by atoms with Crippen LogP contribution in [-0.4, -0.2) is 51.5 Å². The molecule has 2 aromatic heterocycles. The van der Waals surface area contributed by atoms with Crippen molar-refractivity contribution in [2.75, 3.05) is 31.1 Å². The number of amides is 1. The number of thiazole rings is 1. The molecular formula is C17H19N5OS. The number of fused-ring (bicyclic) bond motifs is 1. The van der Waals surface area contributed by atoms with Crippen LogP contribution in [-0.2, 0) is 11.3 Å². The summed E-state index contributed by atoms with van der Waals surface area (Å²) in [5, 5.41) is 3.03. The van der Waals surface area contributed by atoms with Gasteiger partial charge in [-0.05, 0) is 19.1 Å². The molecule has 0 bridgehead atoms. The summed E-state index contributed by atoms with van der Waals surface area (Å²) in [7, 11) is 0. The number of benzene rings is 1. The third-order valence-electron chi connectivity index (χ3n) is 4.46. The molecule has 3 heterocycles. The lowest BCUT2D eigenvalue weighted by Gasteiger charge is -2.34. The number of rotatable bonds is 3. The minimum absolute atomic E-state index is 0.153. The Hall–Kier alpha value is -2.41. The maximum Gasteiger partial charge on any atom is 0.242 e. The SMILES string of the molecule is Cc1nc2ccccc2n1CC(=O)N1CCN(c2nccs2)CC1. The van der Waals surface area contributed by atoms with E-state index in [1.165, 1.54) is 0 Å². The number of aromatic nitrogens is 3. The highest BCUT2D eigenvalue weighted by atomic mass is 32.1. The van der Waals surface area contributed by atoms with Crippen molar-refractivity contribution in [1.29, 1.82) is 0 Å². The molecule has 0 unspecified atom stereocenters. The molecule has 0 N–H and O–H groups in total. The Morgan fingerprint density at radius 3 is 2.75 bits per heavy atom. The van der Waals surface area contributed by atoms with E-state index in [-0.39, 0.29) is 5.91 Å². The van der Waals surface area contributed by atoms with Crippen molar-refractivity contribution < 1.29 is 4.79 Å². The van der Waals surface area contributed by atoms with E-state index in [0.717, 1.165) is 48.2 Å². The third-order valence-corrected chi connectivity index (χ3v) is 5.29. The number of imidazole rings is 1. The molecule has 1 aromatic carbocycles. The van der Waals surface area contributed by atoms with Crippen LogP contribution in [0.15, 0.2) is 35.8 Å². The molecule has 1 saturated heterocycles. The molecule has 3 aromatic rings. The highest BCUT2D eigenvalue weighted by Crippen LogP contribution is 2.20. The van der Waals surface area contributed by atoms with Gasteiger partial charge in [0.25, 0.3) is 0 Å². The van der Waals surface area contributed by atoms with Crippen LogP contribution in [0.4, 0.5) is 5.13 Å². The summed E-state index contributed by atoms with van der Waals surface area (Å²) in [4.78, 5) is 25.8. The predicted molar refractivity (Wildman–Crippen MR) is 95.4 cm³/mol. The zero-order valence-electron chi connectivity index (χ0n) is 13.6. The first-order valence-electron chi connectivity index (χ1n) is 8.06. The molecule has 0 radical (unpaired) electrons. The fraction of sp³-hybridized carbons (Fsp3) is 0.353. The first-order valence-corrected chi connectivity index (χ1v) is 8.94. The average Bonchev–Trinajstić information content (AvgIpc) is 3.24. The van der Waals surface area contributed by atoms with Gasteiger partial charge in [0.15, 0.2) is 5.13 Å². The van der Waals surface area contributed by atoms with E-state index in [0.29, 0.717) is 6.54 Å². The van der Waals surface area contributed by atoms with Crippen molar-refractivity contribution in [2.24, 2.45) is 0 Å². The van der Waals surface area contributed by atoms with Crippen LogP contribution in [0, 0.1) is 6.92 Å². The van der Waals surface area contributed by atoms with Gasteiger partial charge in [-0.15, -0.1) is 11.3 Å². The molecule has 4 rings (SSSR count). The number of hydrogen-bond donors (Lipinski definition) is 0. The Morgan fingerprint density at radius 1 is 1.21 bits per heavy atom. The zero-order chi connectivity index (χ0) is 16.5. The van der Waals surface area contributed by atoms with Crippen molar-refractivity contribution in [1.82, 2.24) is 19.4 Å². The molecule has 7 heteroatoms. The number of para-hydroxylation sites is 2. The maximum absolute atomic E-state index is 12.7. The van der Waals surface area contributed by atoms with Gasteiger partial charge >= 0.3 is 0 Å². The van der Waals surface area contributed by atoms with Gasteiger partial charge in [0.1, 0.15) is 12.4 Å². The van der Waals surface area contributed by atoms with Gasteiger partial charge in [-0.3, -0.25) is 4.79 Å². The lowest BCUT2D eigenvalue weighted by Crippen LogP contribution is -2.49. The van der Waals surface area contributed by atoms with Gasteiger partial charge < -0.3 is 14.4 Å². The molecule has 1 aliphatic rings. The van der Waals surface area contributed by atoms with Crippen molar-refractivity contribution in [3.05, 3.63) is 41.7 Å². The monoisotopic (exact) mass is 341 g/mol. The quantitative estimate of drug-likeness (QED) is 0.732. The van der Waals surface area contributed by atoms with Gasteiger partial charge in [0.05, 0.1) is 11.0 Å². The molecule has 0 saturated carbocycles. The first kappa shape index (κ1) is 15.1. The molecule has 0 atom stereocenters. The predicted octanol–water partition coefficient (Wildman–Crippen LogP) is 2.15. The van der Waals surface area contributed by atoms with Crippen molar-refractivity contribution in [3.8, 4) is 0 Å². The molecule has 124 valence electrons. The number of hydrogen-bond acceptors (Lipinski definition) is 5. The van der Waals surface area contributed by atoms with Gasteiger partial charge in [0, 0.05) is 37.8 Å². The Morgan fingerprint density at radius 2 is 2.00 bits per heavy atom. The standard InChI is InChI=1S/C17H19N5OS/c1-13-19-14-4-2-3-5-15(14)22(13)12-16(23)20-7-9-21(10-8-20)17-18-6-11-24-17/h2-6,11H,7-10,12H2,1H3. The van der Waals surface area contributed by atoms with E-state index in [2.05, 4.69) is 14.9 Å². The van der Waals surface area contributed by atoms with Crippen molar-refractivity contribution >= 4 is 33.4 Å². The van der Waals surface area contributed by atoms with E-state index < -0.39 is 0 Å². The summed E-state index contributed by atoms with van der Waals surface area (Å²) in [6.45, 7) is 5.46. The van der Waals surface area contributed by atoms with Crippen LogP contribution in [0.1, 0.15) is 5.82 Å². The normalized spacial score (nSPS) is 15.2. The van der Waals surface area contributed by atoms with Crippen LogP contribution < -0.4 is 4.90 Å². The van der Waals surface area contributed by atoms with Gasteiger partial charge in [0.2, 0.25) is 5.91 Å². The molecule has 1 fully saturated rings. The van der Waals surface area contributed by atoms with Crippen molar-refractivity contribution in [2.45, 2.75) is 13.5 Å². The molecule has 24 heavy (non-hydrogen) atoms. The zero-order valence-corrected chi connectivity index (χ0v) is 14.4. The summed E-state index contributed by atoms with van der Waals surface area (Å²) in [5.74, 6) is 1.03. The minimum Gasteiger partial charge on any atom is -0.345 e. The second-order valence-electron chi connectivity index (χ2n) is 5.92. The van der Waals surface area contributed by atoms with E-state index >= 15 is 0 Å². The molecular weight excluding hydrogens is 322 g/mol. The number of anilines is 1. The number of piperazine rings is 1. The smallest absolute Gasteiger partial charge is 0.242 e. The Labute approximate surface area is 144 Å². The Kier molecular flexibility index (Phi) is 3.93. The number of nitrogens with zero attached hydrogens (tertiary/aromatic N) is 5. The molecule has 0 aliphatic carbocycles. The summed E-state index contributed by atoms with van der Waals surface area (Å²) < 4.78 is 2.00.